The molecule has 6 heteroatoms. The van der Waals surface area contributed by atoms with Gasteiger partial charge in [-0.25, -0.2) is 0 Å². The van der Waals surface area contributed by atoms with Crippen molar-refractivity contribution >= 4 is 16.9 Å². The van der Waals surface area contributed by atoms with Crippen LogP contribution in [0.15, 0.2) is 57.9 Å². The second-order valence-electron chi connectivity index (χ2n) is 6.06. The van der Waals surface area contributed by atoms with E-state index in [0.717, 1.165) is 12.8 Å². The lowest BCUT2D eigenvalue weighted by molar-refractivity contribution is -0.135. The molecule has 1 aromatic heterocycles. The van der Waals surface area contributed by atoms with Crippen LogP contribution in [0.4, 0.5) is 0 Å². The molecule has 0 atom stereocenters. The fourth-order valence-electron chi connectivity index (χ4n) is 2.51. The number of methoxy groups -OCH3 is 1. The van der Waals surface area contributed by atoms with Crippen LogP contribution < -0.4 is 19.6 Å². The molecule has 1 aliphatic rings. The number of benzene rings is 2. The molecule has 0 saturated heterocycles. The number of hydrogen-bond acceptors (Lipinski definition) is 6. The van der Waals surface area contributed by atoms with Crippen molar-refractivity contribution in [1.82, 2.24) is 0 Å². The van der Waals surface area contributed by atoms with Crippen LogP contribution in [0.3, 0.4) is 0 Å². The molecule has 26 heavy (non-hydrogen) atoms. The molecule has 2 aromatic carbocycles. The molecule has 0 bridgehead atoms. The van der Waals surface area contributed by atoms with Gasteiger partial charge >= 0.3 is 5.97 Å². The predicted octanol–water partition coefficient (Wildman–Crippen LogP) is 3.91. The standard InChI is InChI=1S/C20H16O6/c1-23-13-4-6-14(7-5-13)25-18-11-24-17-10-15(8-9-16(17)19(18)21)26-20(22)12-2-3-12/h4-12H,2-3H2,1H3. The van der Waals surface area contributed by atoms with Crippen LogP contribution in [0.5, 0.6) is 23.0 Å². The first-order valence-electron chi connectivity index (χ1n) is 8.23. The molecule has 132 valence electrons. The molecule has 0 unspecified atom stereocenters. The van der Waals surface area contributed by atoms with Crippen molar-refractivity contribution in [2.24, 2.45) is 5.92 Å². The second-order valence-corrected chi connectivity index (χ2v) is 6.06. The number of carbonyl (C=O) groups excluding carboxylic acids is 1. The third-order valence-corrected chi connectivity index (χ3v) is 4.13. The quantitative estimate of drug-likeness (QED) is 0.512. The van der Waals surface area contributed by atoms with E-state index in [9.17, 15) is 9.59 Å². The van der Waals surface area contributed by atoms with Gasteiger partial charge < -0.3 is 18.6 Å². The van der Waals surface area contributed by atoms with E-state index < -0.39 is 0 Å². The molecule has 0 spiro atoms. The van der Waals surface area contributed by atoms with E-state index in [1.807, 2.05) is 0 Å². The minimum atomic E-state index is -0.304. The highest BCUT2D eigenvalue weighted by Crippen LogP contribution is 2.31. The second kappa shape index (κ2) is 6.55. The summed E-state index contributed by atoms with van der Waals surface area (Å²) in [5, 5.41) is 0.349. The maximum atomic E-state index is 12.6. The molecular formula is C20H16O6. The zero-order valence-electron chi connectivity index (χ0n) is 14.1. The molecule has 0 radical (unpaired) electrons. The summed E-state index contributed by atoms with van der Waals surface area (Å²) in [6, 6.07) is 11.5. The van der Waals surface area contributed by atoms with Crippen LogP contribution in [-0.2, 0) is 4.79 Å². The zero-order valence-corrected chi connectivity index (χ0v) is 14.1. The zero-order chi connectivity index (χ0) is 18.1. The van der Waals surface area contributed by atoms with Crippen molar-refractivity contribution in [2.75, 3.05) is 7.11 Å². The third kappa shape index (κ3) is 3.26. The molecule has 6 nitrogen and oxygen atoms in total. The average Bonchev–Trinajstić information content (AvgIpc) is 3.50. The SMILES string of the molecule is COc1ccc(Oc2coc3cc(OC(=O)C4CC4)ccc3c2=O)cc1. The highest BCUT2D eigenvalue weighted by Gasteiger charge is 2.31. The van der Waals surface area contributed by atoms with Gasteiger partial charge in [-0.05, 0) is 49.2 Å². The van der Waals surface area contributed by atoms with Gasteiger partial charge in [0.05, 0.1) is 18.4 Å². The number of esters is 1. The normalized spacial score (nSPS) is 13.4. The fraction of sp³-hybridized carbons (Fsp3) is 0.200. The lowest BCUT2D eigenvalue weighted by Gasteiger charge is -2.07. The van der Waals surface area contributed by atoms with Gasteiger partial charge in [0.2, 0.25) is 11.2 Å². The van der Waals surface area contributed by atoms with E-state index in [4.69, 9.17) is 18.6 Å². The van der Waals surface area contributed by atoms with Gasteiger partial charge in [0.25, 0.3) is 0 Å². The van der Waals surface area contributed by atoms with Crippen LogP contribution in [0.1, 0.15) is 12.8 Å². The van der Waals surface area contributed by atoms with Crippen molar-refractivity contribution in [3.05, 3.63) is 59.0 Å². The van der Waals surface area contributed by atoms with Gasteiger partial charge in [-0.2, -0.15) is 0 Å². The Balaban J connectivity index is 1.59. The Hall–Kier alpha value is -3.28. The maximum absolute atomic E-state index is 12.6. The predicted molar refractivity (Wildman–Crippen MR) is 93.9 cm³/mol. The van der Waals surface area contributed by atoms with Gasteiger partial charge in [0.1, 0.15) is 29.1 Å². The van der Waals surface area contributed by atoms with Crippen LogP contribution >= 0.6 is 0 Å². The summed E-state index contributed by atoms with van der Waals surface area (Å²) in [4.78, 5) is 24.3. The molecule has 3 aromatic rings. The maximum Gasteiger partial charge on any atom is 0.314 e. The first kappa shape index (κ1) is 16.2. The van der Waals surface area contributed by atoms with Crippen molar-refractivity contribution in [2.45, 2.75) is 12.8 Å². The molecule has 1 saturated carbocycles. The molecule has 1 fully saturated rings. The minimum Gasteiger partial charge on any atom is -0.497 e. The summed E-state index contributed by atoms with van der Waals surface area (Å²) in [6.07, 6.45) is 2.99. The topological polar surface area (TPSA) is 75.0 Å². The van der Waals surface area contributed by atoms with Crippen molar-refractivity contribution in [1.29, 1.82) is 0 Å². The molecule has 0 N–H and O–H groups in total. The van der Waals surface area contributed by atoms with Crippen LogP contribution in [0.25, 0.3) is 11.0 Å². The summed E-state index contributed by atoms with van der Waals surface area (Å²) in [6.45, 7) is 0. The summed E-state index contributed by atoms with van der Waals surface area (Å²) < 4.78 is 21.5. The number of rotatable bonds is 5. The minimum absolute atomic E-state index is 0.00187. The van der Waals surface area contributed by atoms with Crippen molar-refractivity contribution in [3.63, 3.8) is 0 Å². The Kier molecular flexibility index (Phi) is 4.08. The van der Waals surface area contributed by atoms with Crippen molar-refractivity contribution < 1.29 is 23.4 Å². The Morgan fingerprint density at radius 2 is 1.73 bits per heavy atom. The summed E-state index contributed by atoms with van der Waals surface area (Å²) >= 11 is 0. The van der Waals surface area contributed by atoms with Gasteiger partial charge in [-0.1, -0.05) is 0 Å². The van der Waals surface area contributed by atoms with Crippen LogP contribution in [0, 0.1) is 5.92 Å². The fourth-order valence-corrected chi connectivity index (χ4v) is 2.51. The number of hydrogen-bond donors (Lipinski definition) is 0. The Bertz CT molecular complexity index is 1010. The summed E-state index contributed by atoms with van der Waals surface area (Å²) in [5.41, 5.74) is 0.0281. The Labute approximate surface area is 148 Å². The monoisotopic (exact) mass is 352 g/mol. The molecule has 1 heterocycles. The molecule has 4 rings (SSSR count). The highest BCUT2D eigenvalue weighted by molar-refractivity contribution is 5.82. The Morgan fingerprint density at radius 1 is 1.04 bits per heavy atom. The summed E-state index contributed by atoms with van der Waals surface area (Å²) in [7, 11) is 1.57. The lowest BCUT2D eigenvalue weighted by atomic mass is 10.2. The number of fused-ring (bicyclic) bond motifs is 1. The van der Waals surface area contributed by atoms with E-state index >= 15 is 0 Å². The number of carbonyl (C=O) groups is 1. The summed E-state index contributed by atoms with van der Waals surface area (Å²) in [5.74, 6) is 1.37. The third-order valence-electron chi connectivity index (χ3n) is 4.13. The van der Waals surface area contributed by atoms with E-state index in [-0.39, 0.29) is 23.1 Å². The van der Waals surface area contributed by atoms with Gasteiger partial charge in [0.15, 0.2) is 0 Å². The van der Waals surface area contributed by atoms with Crippen LogP contribution in [-0.4, -0.2) is 13.1 Å². The molecule has 0 aliphatic heterocycles. The van der Waals surface area contributed by atoms with Gasteiger partial charge in [-0.3, -0.25) is 9.59 Å². The van der Waals surface area contributed by atoms with Crippen LogP contribution in [0.2, 0.25) is 0 Å². The first-order chi connectivity index (χ1) is 12.6. The first-order valence-corrected chi connectivity index (χ1v) is 8.23. The Morgan fingerprint density at radius 3 is 2.42 bits per heavy atom. The molecule has 1 aliphatic carbocycles. The smallest absolute Gasteiger partial charge is 0.314 e. The average molecular weight is 352 g/mol. The van der Waals surface area contributed by atoms with E-state index in [2.05, 4.69) is 0 Å². The molecular weight excluding hydrogens is 336 g/mol. The molecule has 0 amide bonds. The van der Waals surface area contributed by atoms with E-state index in [1.165, 1.54) is 12.3 Å². The lowest BCUT2D eigenvalue weighted by Crippen LogP contribution is -2.10. The van der Waals surface area contributed by atoms with Gasteiger partial charge in [-0.15, -0.1) is 0 Å². The van der Waals surface area contributed by atoms with E-state index in [0.29, 0.717) is 28.2 Å². The van der Waals surface area contributed by atoms with Gasteiger partial charge in [0, 0.05) is 6.07 Å². The number of ether oxygens (including phenoxy) is 3. The highest BCUT2D eigenvalue weighted by atomic mass is 16.5. The largest absolute Gasteiger partial charge is 0.497 e. The van der Waals surface area contributed by atoms with E-state index in [1.54, 1.807) is 43.5 Å². The van der Waals surface area contributed by atoms with Crippen molar-refractivity contribution in [3.8, 4) is 23.0 Å².